The molecular weight excluding hydrogens is 488 g/mol. The molecule has 0 bridgehead atoms. The summed E-state index contributed by atoms with van der Waals surface area (Å²) in [6, 6.07) is 17.3. The Morgan fingerprint density at radius 3 is 1.97 bits per heavy atom. The number of ether oxygens (including phenoxy) is 5. The molecule has 0 radical (unpaired) electrons. The average Bonchev–Trinajstić information content (AvgIpc) is 2.96. The van der Waals surface area contributed by atoms with E-state index < -0.39 is 12.0 Å². The Hall–Kier alpha value is -4.40. The van der Waals surface area contributed by atoms with Gasteiger partial charge in [-0.05, 0) is 60.5 Å². The zero-order valence-corrected chi connectivity index (χ0v) is 22.1. The summed E-state index contributed by atoms with van der Waals surface area (Å²) < 4.78 is 26.9. The Morgan fingerprint density at radius 2 is 1.37 bits per heavy atom. The zero-order valence-electron chi connectivity index (χ0n) is 22.1. The summed E-state index contributed by atoms with van der Waals surface area (Å²) >= 11 is 0. The molecule has 1 N–H and O–H groups in total. The highest BCUT2D eigenvalue weighted by molar-refractivity contribution is 6.00. The van der Waals surface area contributed by atoms with Crippen LogP contribution in [-0.4, -0.2) is 47.4 Å². The number of carbonyl (C=O) groups is 2. The van der Waals surface area contributed by atoms with Gasteiger partial charge in [0.05, 0.1) is 47.5 Å². The minimum absolute atomic E-state index is 0.0786. The number of piperidine rings is 1. The molecule has 1 heterocycles. The molecule has 9 nitrogen and oxygen atoms in total. The average molecular weight is 521 g/mol. The maximum absolute atomic E-state index is 13.8. The smallest absolute Gasteiger partial charge is 0.229 e. The van der Waals surface area contributed by atoms with Gasteiger partial charge in [0, 0.05) is 23.9 Å². The Morgan fingerprint density at radius 1 is 0.763 bits per heavy atom. The highest BCUT2D eigenvalue weighted by atomic mass is 16.5. The molecule has 4 rings (SSSR count). The third kappa shape index (κ3) is 5.32. The number of methoxy groups -OCH3 is 5. The van der Waals surface area contributed by atoms with E-state index in [0.29, 0.717) is 46.5 Å². The molecule has 0 spiro atoms. The van der Waals surface area contributed by atoms with Gasteiger partial charge < -0.3 is 33.9 Å². The monoisotopic (exact) mass is 520 g/mol. The molecule has 1 aliphatic rings. The van der Waals surface area contributed by atoms with Crippen molar-refractivity contribution in [2.75, 3.05) is 45.8 Å². The van der Waals surface area contributed by atoms with Crippen LogP contribution in [0.5, 0.6) is 28.7 Å². The van der Waals surface area contributed by atoms with E-state index in [2.05, 4.69) is 5.32 Å². The Labute approximate surface area is 222 Å². The van der Waals surface area contributed by atoms with Gasteiger partial charge in [0.25, 0.3) is 0 Å². The standard InChI is InChI=1S/C29H32N2O7/c1-34-21-10-8-20(9-11-21)31-27(32)15-12-22(28(31)18-6-13-23(35-2)25(16-18)37-4)29(33)30-19-7-14-24(36-3)26(17-19)38-5/h6-11,13-14,16-17,22,28H,12,15H2,1-5H3,(H,30,33). The predicted octanol–water partition coefficient (Wildman–Crippen LogP) is 4.85. The topological polar surface area (TPSA) is 95.6 Å². The van der Waals surface area contributed by atoms with E-state index in [9.17, 15) is 9.59 Å². The van der Waals surface area contributed by atoms with Crippen LogP contribution in [0.4, 0.5) is 11.4 Å². The Balaban J connectivity index is 1.76. The fraction of sp³-hybridized carbons (Fsp3) is 0.310. The molecule has 3 aromatic carbocycles. The third-order valence-corrected chi connectivity index (χ3v) is 6.68. The molecule has 38 heavy (non-hydrogen) atoms. The van der Waals surface area contributed by atoms with Crippen molar-refractivity contribution in [3.05, 3.63) is 66.2 Å². The van der Waals surface area contributed by atoms with Gasteiger partial charge in [0.15, 0.2) is 23.0 Å². The summed E-state index contributed by atoms with van der Waals surface area (Å²) in [5, 5.41) is 3.01. The van der Waals surface area contributed by atoms with Gasteiger partial charge in [0.2, 0.25) is 11.8 Å². The molecule has 1 saturated heterocycles. The van der Waals surface area contributed by atoms with Gasteiger partial charge in [-0.2, -0.15) is 0 Å². The largest absolute Gasteiger partial charge is 0.497 e. The van der Waals surface area contributed by atoms with Gasteiger partial charge in [-0.3, -0.25) is 9.59 Å². The number of benzene rings is 3. The summed E-state index contributed by atoms with van der Waals surface area (Å²) in [5.74, 6) is 1.94. The molecule has 2 unspecified atom stereocenters. The fourth-order valence-corrected chi connectivity index (χ4v) is 4.78. The van der Waals surface area contributed by atoms with Crippen LogP contribution in [0.2, 0.25) is 0 Å². The Bertz CT molecular complexity index is 1290. The first-order valence-corrected chi connectivity index (χ1v) is 12.1. The summed E-state index contributed by atoms with van der Waals surface area (Å²) in [7, 11) is 7.79. The van der Waals surface area contributed by atoms with Crippen LogP contribution in [0.25, 0.3) is 0 Å². The number of nitrogens with zero attached hydrogens (tertiary/aromatic N) is 1. The number of anilines is 2. The van der Waals surface area contributed by atoms with Crippen LogP contribution in [-0.2, 0) is 9.59 Å². The van der Waals surface area contributed by atoms with Crippen LogP contribution in [0.15, 0.2) is 60.7 Å². The minimum Gasteiger partial charge on any atom is -0.497 e. The quantitative estimate of drug-likeness (QED) is 0.431. The van der Waals surface area contributed by atoms with E-state index in [1.54, 1.807) is 69.7 Å². The van der Waals surface area contributed by atoms with Crippen molar-refractivity contribution < 1.29 is 33.3 Å². The maximum Gasteiger partial charge on any atom is 0.229 e. The van der Waals surface area contributed by atoms with E-state index in [4.69, 9.17) is 23.7 Å². The van der Waals surface area contributed by atoms with Crippen LogP contribution in [0, 0.1) is 5.92 Å². The maximum atomic E-state index is 13.8. The van der Waals surface area contributed by atoms with Crippen molar-refractivity contribution in [2.45, 2.75) is 18.9 Å². The Kier molecular flexibility index (Phi) is 8.25. The van der Waals surface area contributed by atoms with E-state index in [-0.39, 0.29) is 18.2 Å². The third-order valence-electron chi connectivity index (χ3n) is 6.68. The fourth-order valence-electron chi connectivity index (χ4n) is 4.78. The molecule has 0 aromatic heterocycles. The highest BCUT2D eigenvalue weighted by Gasteiger charge is 2.42. The first-order chi connectivity index (χ1) is 18.4. The predicted molar refractivity (Wildman–Crippen MR) is 144 cm³/mol. The number of hydrogen-bond donors (Lipinski definition) is 1. The molecule has 9 heteroatoms. The van der Waals surface area contributed by atoms with Gasteiger partial charge in [-0.1, -0.05) is 6.07 Å². The summed E-state index contributed by atoms with van der Waals surface area (Å²) in [4.78, 5) is 28.8. The molecule has 0 saturated carbocycles. The second kappa shape index (κ2) is 11.8. The molecule has 1 fully saturated rings. The van der Waals surface area contributed by atoms with E-state index >= 15 is 0 Å². The van der Waals surface area contributed by atoms with Crippen LogP contribution in [0.1, 0.15) is 24.4 Å². The summed E-state index contributed by atoms with van der Waals surface area (Å²) in [6.45, 7) is 0. The lowest BCUT2D eigenvalue weighted by molar-refractivity contribution is -0.125. The van der Waals surface area contributed by atoms with Gasteiger partial charge in [-0.25, -0.2) is 0 Å². The number of hydrogen-bond acceptors (Lipinski definition) is 7. The number of carbonyl (C=O) groups excluding carboxylic acids is 2. The van der Waals surface area contributed by atoms with Crippen LogP contribution < -0.4 is 33.9 Å². The van der Waals surface area contributed by atoms with E-state index in [0.717, 1.165) is 5.56 Å². The lowest BCUT2D eigenvalue weighted by atomic mass is 9.83. The molecule has 200 valence electrons. The minimum atomic E-state index is -0.593. The van der Waals surface area contributed by atoms with Crippen LogP contribution >= 0.6 is 0 Å². The van der Waals surface area contributed by atoms with Crippen molar-refractivity contribution in [1.82, 2.24) is 0 Å². The number of amides is 2. The van der Waals surface area contributed by atoms with E-state index in [1.807, 2.05) is 24.3 Å². The van der Waals surface area contributed by atoms with E-state index in [1.165, 1.54) is 7.11 Å². The molecule has 1 aliphatic heterocycles. The molecule has 3 aromatic rings. The molecule has 0 aliphatic carbocycles. The van der Waals surface area contributed by atoms with Crippen molar-refractivity contribution in [3.63, 3.8) is 0 Å². The van der Waals surface area contributed by atoms with Gasteiger partial charge in [-0.15, -0.1) is 0 Å². The summed E-state index contributed by atoms with van der Waals surface area (Å²) in [6.07, 6.45) is 0.601. The normalized spacial score (nSPS) is 17.0. The van der Waals surface area contributed by atoms with Crippen molar-refractivity contribution >= 4 is 23.2 Å². The first kappa shape index (κ1) is 26.7. The van der Waals surface area contributed by atoms with Crippen molar-refractivity contribution in [2.24, 2.45) is 5.92 Å². The van der Waals surface area contributed by atoms with Crippen molar-refractivity contribution in [3.8, 4) is 28.7 Å². The summed E-state index contributed by atoms with van der Waals surface area (Å²) in [5.41, 5.74) is 1.98. The zero-order chi connectivity index (χ0) is 27.2. The van der Waals surface area contributed by atoms with Gasteiger partial charge in [0.1, 0.15) is 5.75 Å². The first-order valence-electron chi connectivity index (χ1n) is 12.1. The van der Waals surface area contributed by atoms with Crippen molar-refractivity contribution in [1.29, 1.82) is 0 Å². The van der Waals surface area contributed by atoms with Crippen LogP contribution in [0.3, 0.4) is 0 Å². The SMILES string of the molecule is COc1ccc(N2C(=O)CCC(C(=O)Nc3ccc(OC)c(OC)c3)C2c2ccc(OC)c(OC)c2)cc1. The van der Waals surface area contributed by atoms with Gasteiger partial charge >= 0.3 is 0 Å². The second-order valence-corrected chi connectivity index (χ2v) is 8.73. The second-order valence-electron chi connectivity index (χ2n) is 8.73. The number of rotatable bonds is 9. The highest BCUT2D eigenvalue weighted by Crippen LogP contribution is 2.43. The number of nitrogens with one attached hydrogen (secondary N) is 1. The lowest BCUT2D eigenvalue weighted by Crippen LogP contribution is -2.47. The lowest BCUT2D eigenvalue weighted by Gasteiger charge is -2.41. The molecule has 2 atom stereocenters. The molecular formula is C29H32N2O7. The molecule has 2 amide bonds.